The van der Waals surface area contributed by atoms with Crippen LogP contribution >= 0.6 is 11.8 Å². The van der Waals surface area contributed by atoms with E-state index in [0.717, 1.165) is 11.3 Å². The SMILES string of the molecule is Cc1ccc(C)c(CSc2ccc(C(C)O)cc2)c1. The molecule has 0 aliphatic heterocycles. The van der Waals surface area contributed by atoms with E-state index in [1.807, 2.05) is 23.9 Å². The van der Waals surface area contributed by atoms with Gasteiger partial charge in [0.2, 0.25) is 0 Å². The fourth-order valence-electron chi connectivity index (χ4n) is 1.96. The average molecular weight is 272 g/mol. The molecule has 1 atom stereocenters. The van der Waals surface area contributed by atoms with E-state index < -0.39 is 6.10 Å². The Bertz CT molecular complexity index is 544. The van der Waals surface area contributed by atoms with Crippen LogP contribution in [0.25, 0.3) is 0 Å². The Morgan fingerprint density at radius 2 is 1.74 bits per heavy atom. The monoisotopic (exact) mass is 272 g/mol. The summed E-state index contributed by atoms with van der Waals surface area (Å²) in [6.45, 7) is 6.08. The van der Waals surface area contributed by atoms with Gasteiger partial charge >= 0.3 is 0 Å². The minimum absolute atomic E-state index is 0.391. The smallest absolute Gasteiger partial charge is 0.0761 e. The normalized spacial score (nSPS) is 12.4. The van der Waals surface area contributed by atoms with Gasteiger partial charge in [0.15, 0.2) is 0 Å². The molecule has 0 bridgehead atoms. The van der Waals surface area contributed by atoms with Gasteiger partial charge in [-0.15, -0.1) is 11.8 Å². The predicted octanol–water partition coefficient (Wildman–Crippen LogP) is 4.65. The van der Waals surface area contributed by atoms with E-state index in [1.54, 1.807) is 6.92 Å². The van der Waals surface area contributed by atoms with E-state index in [4.69, 9.17) is 0 Å². The van der Waals surface area contributed by atoms with Crippen molar-refractivity contribution < 1.29 is 5.11 Å². The van der Waals surface area contributed by atoms with Gasteiger partial charge in [-0.1, -0.05) is 35.9 Å². The molecule has 0 amide bonds. The molecule has 0 aliphatic rings. The van der Waals surface area contributed by atoms with Crippen molar-refractivity contribution in [1.29, 1.82) is 0 Å². The molecule has 0 heterocycles. The zero-order valence-electron chi connectivity index (χ0n) is 11.7. The van der Waals surface area contributed by atoms with Gasteiger partial charge in [0, 0.05) is 10.6 Å². The summed E-state index contributed by atoms with van der Waals surface area (Å²) in [5.41, 5.74) is 5.02. The van der Waals surface area contributed by atoms with E-state index in [0.29, 0.717) is 0 Å². The second kappa shape index (κ2) is 6.27. The Hall–Kier alpha value is -1.25. The number of thioether (sulfide) groups is 1. The van der Waals surface area contributed by atoms with Crippen molar-refractivity contribution in [2.24, 2.45) is 0 Å². The Morgan fingerprint density at radius 3 is 2.37 bits per heavy atom. The van der Waals surface area contributed by atoms with Crippen LogP contribution in [0.2, 0.25) is 0 Å². The summed E-state index contributed by atoms with van der Waals surface area (Å²) in [4.78, 5) is 1.24. The molecule has 0 saturated carbocycles. The Morgan fingerprint density at radius 1 is 1.05 bits per heavy atom. The molecule has 0 aromatic heterocycles. The number of hydrogen-bond donors (Lipinski definition) is 1. The molecule has 2 heteroatoms. The number of rotatable bonds is 4. The number of benzene rings is 2. The largest absolute Gasteiger partial charge is 0.389 e. The number of aliphatic hydroxyl groups is 1. The van der Waals surface area contributed by atoms with Crippen molar-refractivity contribution in [2.75, 3.05) is 0 Å². The van der Waals surface area contributed by atoms with Crippen LogP contribution in [0.5, 0.6) is 0 Å². The summed E-state index contributed by atoms with van der Waals surface area (Å²) in [7, 11) is 0. The summed E-state index contributed by atoms with van der Waals surface area (Å²) in [5.74, 6) is 0.988. The summed E-state index contributed by atoms with van der Waals surface area (Å²) < 4.78 is 0. The van der Waals surface area contributed by atoms with Gasteiger partial charge in [-0.3, -0.25) is 0 Å². The molecular weight excluding hydrogens is 252 g/mol. The minimum Gasteiger partial charge on any atom is -0.389 e. The molecule has 0 aliphatic carbocycles. The Balaban J connectivity index is 2.04. The molecule has 2 rings (SSSR count). The first kappa shape index (κ1) is 14.2. The lowest BCUT2D eigenvalue weighted by Crippen LogP contribution is -1.90. The lowest BCUT2D eigenvalue weighted by molar-refractivity contribution is 0.199. The highest BCUT2D eigenvalue weighted by atomic mass is 32.2. The van der Waals surface area contributed by atoms with Gasteiger partial charge in [-0.05, 0) is 49.6 Å². The van der Waals surface area contributed by atoms with Gasteiger partial charge in [0.25, 0.3) is 0 Å². The topological polar surface area (TPSA) is 20.2 Å². The van der Waals surface area contributed by atoms with E-state index in [1.165, 1.54) is 21.6 Å². The van der Waals surface area contributed by atoms with Gasteiger partial charge in [-0.25, -0.2) is 0 Å². The molecule has 0 spiro atoms. The first-order chi connectivity index (χ1) is 9.06. The molecule has 19 heavy (non-hydrogen) atoms. The molecule has 2 aromatic carbocycles. The Labute approximate surface area is 119 Å². The van der Waals surface area contributed by atoms with Crippen molar-refractivity contribution in [1.82, 2.24) is 0 Å². The lowest BCUT2D eigenvalue weighted by atomic mass is 10.1. The van der Waals surface area contributed by atoms with Crippen molar-refractivity contribution in [3.8, 4) is 0 Å². The molecule has 0 radical (unpaired) electrons. The van der Waals surface area contributed by atoms with E-state index >= 15 is 0 Å². The van der Waals surface area contributed by atoms with Crippen molar-refractivity contribution >= 4 is 11.8 Å². The molecule has 1 unspecified atom stereocenters. The van der Waals surface area contributed by atoms with E-state index in [-0.39, 0.29) is 0 Å². The lowest BCUT2D eigenvalue weighted by Gasteiger charge is -2.08. The number of aryl methyl sites for hydroxylation is 2. The van der Waals surface area contributed by atoms with Crippen LogP contribution in [0.4, 0.5) is 0 Å². The van der Waals surface area contributed by atoms with Gasteiger partial charge in [0.05, 0.1) is 6.10 Å². The fourth-order valence-corrected chi connectivity index (χ4v) is 2.92. The average Bonchev–Trinajstić information content (AvgIpc) is 2.40. The van der Waals surface area contributed by atoms with Crippen LogP contribution in [0, 0.1) is 13.8 Å². The van der Waals surface area contributed by atoms with Crippen LogP contribution in [-0.2, 0) is 5.75 Å². The third kappa shape index (κ3) is 3.85. The van der Waals surface area contributed by atoms with Gasteiger partial charge < -0.3 is 5.11 Å². The molecule has 100 valence electrons. The third-order valence-electron chi connectivity index (χ3n) is 3.26. The first-order valence-corrected chi connectivity index (χ1v) is 7.52. The molecule has 0 fully saturated rings. The molecular formula is C17H20OS. The van der Waals surface area contributed by atoms with E-state index in [2.05, 4.69) is 44.2 Å². The highest BCUT2D eigenvalue weighted by Gasteiger charge is 2.03. The van der Waals surface area contributed by atoms with Crippen LogP contribution in [0.1, 0.15) is 35.3 Å². The highest BCUT2D eigenvalue weighted by Crippen LogP contribution is 2.26. The molecule has 2 aromatic rings. The maximum Gasteiger partial charge on any atom is 0.0761 e. The number of aliphatic hydroxyl groups excluding tert-OH is 1. The summed E-state index contributed by atoms with van der Waals surface area (Å²) in [6.07, 6.45) is -0.391. The number of hydrogen-bond acceptors (Lipinski definition) is 2. The summed E-state index contributed by atoms with van der Waals surface area (Å²) in [6, 6.07) is 14.7. The second-order valence-electron chi connectivity index (χ2n) is 4.96. The zero-order chi connectivity index (χ0) is 13.8. The van der Waals surface area contributed by atoms with Gasteiger partial charge in [-0.2, -0.15) is 0 Å². The summed E-state index contributed by atoms with van der Waals surface area (Å²) >= 11 is 1.84. The van der Waals surface area contributed by atoms with Crippen LogP contribution < -0.4 is 0 Å². The quantitative estimate of drug-likeness (QED) is 0.818. The van der Waals surface area contributed by atoms with Crippen molar-refractivity contribution in [3.63, 3.8) is 0 Å². The van der Waals surface area contributed by atoms with Crippen LogP contribution in [0.15, 0.2) is 47.4 Å². The van der Waals surface area contributed by atoms with Crippen LogP contribution in [-0.4, -0.2) is 5.11 Å². The summed E-state index contributed by atoms with van der Waals surface area (Å²) in [5, 5.41) is 9.48. The maximum absolute atomic E-state index is 9.48. The van der Waals surface area contributed by atoms with Crippen molar-refractivity contribution in [3.05, 3.63) is 64.7 Å². The minimum atomic E-state index is -0.391. The molecule has 1 nitrogen and oxygen atoms in total. The maximum atomic E-state index is 9.48. The zero-order valence-corrected chi connectivity index (χ0v) is 12.5. The predicted molar refractivity (Wildman–Crippen MR) is 82.6 cm³/mol. The highest BCUT2D eigenvalue weighted by molar-refractivity contribution is 7.98. The second-order valence-corrected chi connectivity index (χ2v) is 6.01. The standard InChI is InChI=1S/C17H20OS/c1-12-4-5-13(2)16(10-12)11-19-17-8-6-15(7-9-17)14(3)18/h4-10,14,18H,11H2,1-3H3. The third-order valence-corrected chi connectivity index (χ3v) is 4.32. The Kier molecular flexibility index (Phi) is 4.67. The van der Waals surface area contributed by atoms with E-state index in [9.17, 15) is 5.11 Å². The van der Waals surface area contributed by atoms with Crippen molar-refractivity contribution in [2.45, 2.75) is 37.5 Å². The molecule has 0 saturated heterocycles. The molecule has 1 N–H and O–H groups in total. The van der Waals surface area contributed by atoms with Crippen LogP contribution in [0.3, 0.4) is 0 Å². The fraction of sp³-hybridized carbons (Fsp3) is 0.294. The first-order valence-electron chi connectivity index (χ1n) is 6.53. The van der Waals surface area contributed by atoms with Gasteiger partial charge in [0.1, 0.15) is 0 Å².